The average Bonchev–Trinajstić information content (AvgIpc) is 3.22. The molecule has 2 nitrogen and oxygen atoms in total. The highest BCUT2D eigenvalue weighted by Crippen LogP contribution is 2.64. The maximum atomic E-state index is 15.9. The maximum absolute atomic E-state index is 15.9. The van der Waals surface area contributed by atoms with Crippen LogP contribution in [0.25, 0.3) is 22.3 Å². The second kappa shape index (κ2) is 12.2. The van der Waals surface area contributed by atoms with Crippen LogP contribution in [0.15, 0.2) is 194 Å². The van der Waals surface area contributed by atoms with Crippen LogP contribution in [0.2, 0.25) is 0 Å². The third kappa shape index (κ3) is 4.76. The first-order valence-corrected chi connectivity index (χ1v) is 17.8. The van der Waals surface area contributed by atoms with Gasteiger partial charge in [0.25, 0.3) is 0 Å². The summed E-state index contributed by atoms with van der Waals surface area (Å²) in [5.74, 6) is -0.706. The van der Waals surface area contributed by atoms with Crippen molar-refractivity contribution in [1.82, 2.24) is 0 Å². The van der Waals surface area contributed by atoms with Gasteiger partial charge < -0.3 is 9.80 Å². The highest BCUT2D eigenvalue weighted by Gasteiger charge is 2.52. The molecule has 0 unspecified atom stereocenters. The quantitative estimate of drug-likeness (QED) is 0.182. The Kier molecular flexibility index (Phi) is 7.12. The zero-order valence-electron chi connectivity index (χ0n) is 28.6. The Hall–Kier alpha value is -6.78. The zero-order valence-corrected chi connectivity index (χ0v) is 28.6. The average molecular weight is 687 g/mol. The first-order chi connectivity index (χ1) is 26.1. The molecule has 4 heteroatoms. The Labute approximate surface area is 307 Å². The molecule has 0 N–H and O–H groups in total. The molecule has 2 aliphatic rings. The summed E-state index contributed by atoms with van der Waals surface area (Å²) in [5.41, 5.74) is 12.2. The van der Waals surface area contributed by atoms with Crippen LogP contribution in [0.3, 0.4) is 0 Å². The van der Waals surface area contributed by atoms with Crippen LogP contribution in [0, 0.1) is 11.6 Å². The van der Waals surface area contributed by atoms with Gasteiger partial charge in [0.2, 0.25) is 0 Å². The molecule has 0 radical (unpaired) electrons. The predicted octanol–water partition coefficient (Wildman–Crippen LogP) is 13.2. The van der Waals surface area contributed by atoms with Crippen molar-refractivity contribution in [3.63, 3.8) is 0 Å². The lowest BCUT2D eigenvalue weighted by molar-refractivity contribution is 0.608. The standard InChI is InChI=1S/C49H32F2N2/c50-37-25-27-47-43(31-37)49(41-21-7-9-23-45(41)52(47)39-19-11-17-35(29-39)33-13-3-1-4-14-33)42-22-8-10-24-46(42)53(48-28-26-38(51)32-44(48)49)40-20-12-18-36(30-40)34-15-5-2-6-16-34/h1-32H. The number of halogens is 2. The van der Waals surface area contributed by atoms with Gasteiger partial charge in [0.15, 0.2) is 0 Å². The molecular weight excluding hydrogens is 655 g/mol. The topological polar surface area (TPSA) is 6.48 Å². The van der Waals surface area contributed by atoms with Gasteiger partial charge in [0.1, 0.15) is 11.6 Å². The van der Waals surface area contributed by atoms with E-state index in [0.29, 0.717) is 0 Å². The number of benzene rings is 8. The monoisotopic (exact) mass is 686 g/mol. The summed E-state index contributed by atoms with van der Waals surface area (Å²) in [6, 6.07) is 64.2. The van der Waals surface area contributed by atoms with Crippen LogP contribution in [-0.2, 0) is 5.41 Å². The van der Waals surface area contributed by atoms with Gasteiger partial charge in [0.05, 0.1) is 28.2 Å². The summed E-state index contributed by atoms with van der Waals surface area (Å²) >= 11 is 0. The summed E-state index contributed by atoms with van der Waals surface area (Å²) in [5, 5.41) is 0. The molecule has 0 fully saturated rings. The zero-order chi connectivity index (χ0) is 35.5. The van der Waals surface area contributed by atoms with Gasteiger partial charge in [-0.05, 0) is 117 Å². The van der Waals surface area contributed by atoms with E-state index in [4.69, 9.17) is 0 Å². The van der Waals surface area contributed by atoms with E-state index in [-0.39, 0.29) is 11.6 Å². The van der Waals surface area contributed by atoms with Crippen molar-refractivity contribution in [2.75, 3.05) is 9.80 Å². The number of para-hydroxylation sites is 2. The number of fused-ring (bicyclic) bond motifs is 8. The van der Waals surface area contributed by atoms with Crippen molar-refractivity contribution in [3.05, 3.63) is 228 Å². The van der Waals surface area contributed by atoms with Gasteiger partial charge in [-0.1, -0.05) is 121 Å². The number of hydrogen-bond acceptors (Lipinski definition) is 2. The molecule has 0 atom stereocenters. The predicted molar refractivity (Wildman–Crippen MR) is 212 cm³/mol. The smallest absolute Gasteiger partial charge is 0.123 e. The normalized spacial score (nSPS) is 13.5. The highest BCUT2D eigenvalue weighted by molar-refractivity contribution is 5.97. The van der Waals surface area contributed by atoms with E-state index in [2.05, 4.69) is 107 Å². The Balaban J connectivity index is 1.26. The summed E-state index contributed by atoms with van der Waals surface area (Å²) in [6.45, 7) is 0. The number of rotatable bonds is 4. The van der Waals surface area contributed by atoms with E-state index >= 15 is 8.78 Å². The maximum Gasteiger partial charge on any atom is 0.123 e. The van der Waals surface area contributed by atoms with Crippen molar-refractivity contribution < 1.29 is 8.78 Å². The summed E-state index contributed by atoms with van der Waals surface area (Å²) < 4.78 is 31.8. The van der Waals surface area contributed by atoms with E-state index < -0.39 is 5.41 Å². The molecule has 10 rings (SSSR count). The van der Waals surface area contributed by atoms with Crippen LogP contribution < -0.4 is 9.80 Å². The van der Waals surface area contributed by atoms with E-state index in [1.54, 1.807) is 12.1 Å². The Morgan fingerprint density at radius 1 is 0.302 bits per heavy atom. The van der Waals surface area contributed by atoms with Crippen molar-refractivity contribution in [1.29, 1.82) is 0 Å². The molecule has 0 saturated carbocycles. The fourth-order valence-corrected chi connectivity index (χ4v) is 8.58. The van der Waals surface area contributed by atoms with Gasteiger partial charge in [-0.2, -0.15) is 0 Å². The lowest BCUT2D eigenvalue weighted by Crippen LogP contribution is -2.42. The fraction of sp³-hybridized carbons (Fsp3) is 0.0204. The molecule has 0 amide bonds. The number of hydrogen-bond donors (Lipinski definition) is 0. The molecule has 8 aromatic rings. The van der Waals surface area contributed by atoms with Gasteiger partial charge in [-0.25, -0.2) is 8.78 Å². The lowest BCUT2D eigenvalue weighted by Gasteiger charge is -2.51. The molecule has 0 bridgehead atoms. The Morgan fingerprint density at radius 2 is 0.679 bits per heavy atom. The molecule has 53 heavy (non-hydrogen) atoms. The molecule has 0 saturated heterocycles. The van der Waals surface area contributed by atoms with Gasteiger partial charge in [-0.15, -0.1) is 0 Å². The van der Waals surface area contributed by atoms with Crippen LogP contribution in [0.4, 0.5) is 42.9 Å². The van der Waals surface area contributed by atoms with E-state index in [0.717, 1.165) is 78.6 Å². The largest absolute Gasteiger partial charge is 0.310 e. The van der Waals surface area contributed by atoms with E-state index in [1.807, 2.05) is 72.8 Å². The third-order valence-corrected chi connectivity index (χ3v) is 10.7. The Bertz CT molecular complexity index is 2480. The van der Waals surface area contributed by atoms with E-state index in [9.17, 15) is 0 Å². The minimum absolute atomic E-state index is 0.353. The molecule has 2 heterocycles. The van der Waals surface area contributed by atoms with Gasteiger partial charge in [-0.3, -0.25) is 0 Å². The highest BCUT2D eigenvalue weighted by atomic mass is 19.1. The first-order valence-electron chi connectivity index (χ1n) is 17.8. The minimum Gasteiger partial charge on any atom is -0.310 e. The van der Waals surface area contributed by atoms with Crippen LogP contribution in [0.1, 0.15) is 22.3 Å². The molecule has 0 aliphatic carbocycles. The van der Waals surface area contributed by atoms with Gasteiger partial charge in [0, 0.05) is 11.4 Å². The van der Waals surface area contributed by atoms with Crippen molar-refractivity contribution in [2.45, 2.75) is 5.41 Å². The third-order valence-electron chi connectivity index (χ3n) is 10.7. The summed E-state index contributed by atoms with van der Waals surface area (Å²) in [7, 11) is 0. The molecule has 1 spiro atoms. The van der Waals surface area contributed by atoms with Crippen molar-refractivity contribution in [2.24, 2.45) is 0 Å². The van der Waals surface area contributed by atoms with Crippen molar-refractivity contribution >= 4 is 34.1 Å². The fourth-order valence-electron chi connectivity index (χ4n) is 8.58. The minimum atomic E-state index is -1.05. The Morgan fingerprint density at radius 3 is 1.13 bits per heavy atom. The van der Waals surface area contributed by atoms with Gasteiger partial charge >= 0.3 is 0 Å². The number of nitrogens with zero attached hydrogens (tertiary/aromatic N) is 2. The second-order valence-electron chi connectivity index (χ2n) is 13.6. The number of anilines is 6. The second-order valence-corrected chi connectivity index (χ2v) is 13.6. The van der Waals surface area contributed by atoms with Crippen molar-refractivity contribution in [3.8, 4) is 22.3 Å². The summed E-state index contributed by atoms with van der Waals surface area (Å²) in [6.07, 6.45) is 0. The molecular formula is C49H32F2N2. The molecule has 8 aromatic carbocycles. The van der Waals surface area contributed by atoms with E-state index in [1.165, 1.54) is 12.1 Å². The first kappa shape index (κ1) is 31.0. The van der Waals surface area contributed by atoms with Crippen LogP contribution in [0.5, 0.6) is 0 Å². The summed E-state index contributed by atoms with van der Waals surface area (Å²) in [4.78, 5) is 4.44. The lowest BCUT2D eigenvalue weighted by atomic mass is 9.60. The molecule has 252 valence electrons. The molecule has 2 aliphatic heterocycles. The molecule has 0 aromatic heterocycles. The SMILES string of the molecule is Fc1ccc2c(c1)C1(c3ccccc3N2c2cccc(-c3ccccc3)c2)c2ccccc2N(c2cccc(-c3ccccc3)c2)c2ccc(F)cc21. The van der Waals surface area contributed by atoms with Crippen LogP contribution >= 0.6 is 0 Å². The van der Waals surface area contributed by atoms with Crippen LogP contribution in [-0.4, -0.2) is 0 Å².